The second-order valence-corrected chi connectivity index (χ2v) is 4.22. The second kappa shape index (κ2) is 4.27. The van der Waals surface area contributed by atoms with Gasteiger partial charge in [-0.2, -0.15) is 0 Å². The highest BCUT2D eigenvalue weighted by molar-refractivity contribution is 5.15. The monoisotopic (exact) mass is 165 g/mol. The van der Waals surface area contributed by atoms with Crippen LogP contribution < -0.4 is 6.15 Å². The zero-order valence-electron chi connectivity index (χ0n) is 8.30. The van der Waals surface area contributed by atoms with E-state index in [1.54, 1.807) is 0 Å². The molecule has 68 valence electrons. The molecule has 0 atom stereocenters. The Labute approximate surface area is 75.4 Å². The molecule has 1 nitrogen and oxygen atoms in total. The fourth-order valence-electron chi connectivity index (χ4n) is 1.21. The Hall–Kier alpha value is -0.820. The first-order valence-electron chi connectivity index (χ1n) is 4.12. The third-order valence-corrected chi connectivity index (χ3v) is 1.58. The van der Waals surface area contributed by atoms with Crippen molar-refractivity contribution in [2.75, 3.05) is 0 Å². The van der Waals surface area contributed by atoms with Crippen molar-refractivity contribution < 1.29 is 0 Å². The standard InChI is InChI=1S/C11H16.H3N/c1-11(2,3)9-10-7-5-4-6-8-10;/h4-8H,9H2,1-3H3;1H3. The molecule has 0 saturated heterocycles. The SMILES string of the molecule is CC(C)(C)Cc1ccccc1.N. The quantitative estimate of drug-likeness (QED) is 0.679. The Morgan fingerprint density at radius 2 is 1.50 bits per heavy atom. The van der Waals surface area contributed by atoms with Gasteiger partial charge in [-0.1, -0.05) is 51.1 Å². The fourth-order valence-corrected chi connectivity index (χ4v) is 1.21. The summed E-state index contributed by atoms with van der Waals surface area (Å²) >= 11 is 0. The number of rotatable bonds is 1. The summed E-state index contributed by atoms with van der Waals surface area (Å²) in [6.07, 6.45) is 1.16. The number of benzene rings is 1. The maximum Gasteiger partial charge on any atom is -0.0230 e. The lowest BCUT2D eigenvalue weighted by Gasteiger charge is -2.17. The molecule has 0 aromatic heterocycles. The normalized spacial score (nSPS) is 10.6. The minimum atomic E-state index is 0. The largest absolute Gasteiger partial charge is 0.344 e. The van der Waals surface area contributed by atoms with Gasteiger partial charge in [0.25, 0.3) is 0 Å². The third-order valence-electron chi connectivity index (χ3n) is 1.58. The van der Waals surface area contributed by atoms with Crippen LogP contribution in [0.2, 0.25) is 0 Å². The third kappa shape index (κ3) is 4.14. The molecule has 1 heteroatoms. The van der Waals surface area contributed by atoms with Crippen molar-refractivity contribution in [3.05, 3.63) is 35.9 Å². The van der Waals surface area contributed by atoms with Gasteiger partial charge in [0.15, 0.2) is 0 Å². The molecule has 1 rings (SSSR count). The minimum absolute atomic E-state index is 0. The average molecular weight is 165 g/mol. The molecule has 0 unspecified atom stereocenters. The maximum atomic E-state index is 2.26. The van der Waals surface area contributed by atoms with Gasteiger partial charge >= 0.3 is 0 Å². The van der Waals surface area contributed by atoms with Gasteiger partial charge in [-0.15, -0.1) is 0 Å². The van der Waals surface area contributed by atoms with Gasteiger partial charge in [-0.3, -0.25) is 0 Å². The summed E-state index contributed by atoms with van der Waals surface area (Å²) < 4.78 is 0. The predicted molar refractivity (Wildman–Crippen MR) is 54.6 cm³/mol. The zero-order valence-corrected chi connectivity index (χ0v) is 8.30. The molecule has 0 fully saturated rings. The maximum absolute atomic E-state index is 2.26. The number of hydrogen-bond donors (Lipinski definition) is 1. The van der Waals surface area contributed by atoms with Crippen LogP contribution in [0.15, 0.2) is 30.3 Å². The van der Waals surface area contributed by atoms with Gasteiger partial charge in [-0.25, -0.2) is 0 Å². The molecule has 12 heavy (non-hydrogen) atoms. The zero-order chi connectivity index (χ0) is 8.32. The van der Waals surface area contributed by atoms with E-state index in [4.69, 9.17) is 0 Å². The molecule has 0 spiro atoms. The Morgan fingerprint density at radius 1 is 1.00 bits per heavy atom. The fraction of sp³-hybridized carbons (Fsp3) is 0.455. The summed E-state index contributed by atoms with van der Waals surface area (Å²) in [4.78, 5) is 0. The summed E-state index contributed by atoms with van der Waals surface area (Å²) in [6, 6.07) is 10.6. The summed E-state index contributed by atoms with van der Waals surface area (Å²) in [5.41, 5.74) is 1.83. The predicted octanol–water partition coefficient (Wildman–Crippen LogP) is 3.44. The Balaban J connectivity index is 0.00000121. The molecule has 0 bridgehead atoms. The molecule has 0 radical (unpaired) electrons. The topological polar surface area (TPSA) is 35.0 Å². The van der Waals surface area contributed by atoms with Crippen LogP contribution in [0.3, 0.4) is 0 Å². The van der Waals surface area contributed by atoms with Crippen molar-refractivity contribution in [3.63, 3.8) is 0 Å². The smallest absolute Gasteiger partial charge is 0.0230 e. The summed E-state index contributed by atoms with van der Waals surface area (Å²) in [5, 5.41) is 0. The highest BCUT2D eigenvalue weighted by Crippen LogP contribution is 2.19. The van der Waals surface area contributed by atoms with Crippen molar-refractivity contribution in [2.45, 2.75) is 27.2 Å². The van der Waals surface area contributed by atoms with Crippen molar-refractivity contribution in [2.24, 2.45) is 5.41 Å². The first kappa shape index (κ1) is 11.2. The lowest BCUT2D eigenvalue weighted by Crippen LogP contribution is -2.08. The van der Waals surface area contributed by atoms with E-state index in [0.717, 1.165) is 6.42 Å². The summed E-state index contributed by atoms with van der Waals surface area (Å²) in [5.74, 6) is 0. The van der Waals surface area contributed by atoms with Crippen LogP contribution in [0.5, 0.6) is 0 Å². The van der Waals surface area contributed by atoms with Gasteiger partial charge in [0.1, 0.15) is 0 Å². The Kier molecular flexibility index (Phi) is 3.98. The van der Waals surface area contributed by atoms with E-state index >= 15 is 0 Å². The van der Waals surface area contributed by atoms with Crippen LogP contribution in [0.4, 0.5) is 0 Å². The van der Waals surface area contributed by atoms with Gasteiger partial charge in [0.2, 0.25) is 0 Å². The van der Waals surface area contributed by atoms with Crippen molar-refractivity contribution in [1.82, 2.24) is 6.15 Å². The van der Waals surface area contributed by atoms with Crippen molar-refractivity contribution in [3.8, 4) is 0 Å². The highest BCUT2D eigenvalue weighted by Gasteiger charge is 2.09. The van der Waals surface area contributed by atoms with E-state index in [2.05, 4.69) is 51.1 Å². The molecule has 1 aromatic rings. The van der Waals surface area contributed by atoms with E-state index in [9.17, 15) is 0 Å². The molecular weight excluding hydrogens is 146 g/mol. The molecule has 0 aliphatic rings. The first-order valence-corrected chi connectivity index (χ1v) is 4.12. The molecular formula is C11H19N. The Morgan fingerprint density at radius 3 is 1.92 bits per heavy atom. The Bertz CT molecular complexity index is 208. The van der Waals surface area contributed by atoms with Gasteiger partial charge < -0.3 is 6.15 Å². The molecule has 0 aliphatic heterocycles. The van der Waals surface area contributed by atoms with Crippen LogP contribution in [-0.2, 0) is 6.42 Å². The van der Waals surface area contributed by atoms with Crippen LogP contribution in [0, 0.1) is 5.41 Å². The number of hydrogen-bond acceptors (Lipinski definition) is 1. The van der Waals surface area contributed by atoms with Gasteiger partial charge in [0, 0.05) is 0 Å². The van der Waals surface area contributed by atoms with Crippen LogP contribution >= 0.6 is 0 Å². The van der Waals surface area contributed by atoms with Crippen LogP contribution in [0.25, 0.3) is 0 Å². The minimum Gasteiger partial charge on any atom is -0.344 e. The summed E-state index contributed by atoms with van der Waals surface area (Å²) in [7, 11) is 0. The molecule has 1 aromatic carbocycles. The van der Waals surface area contributed by atoms with E-state index in [0.29, 0.717) is 5.41 Å². The second-order valence-electron chi connectivity index (χ2n) is 4.22. The first-order chi connectivity index (χ1) is 5.08. The lowest BCUT2D eigenvalue weighted by atomic mass is 9.88. The van der Waals surface area contributed by atoms with E-state index in [-0.39, 0.29) is 6.15 Å². The molecule has 0 heterocycles. The van der Waals surface area contributed by atoms with Crippen LogP contribution in [-0.4, -0.2) is 0 Å². The average Bonchev–Trinajstić information content (AvgIpc) is 1.85. The van der Waals surface area contributed by atoms with Crippen LogP contribution in [0.1, 0.15) is 26.3 Å². The van der Waals surface area contributed by atoms with Crippen molar-refractivity contribution >= 4 is 0 Å². The van der Waals surface area contributed by atoms with E-state index in [1.807, 2.05) is 0 Å². The van der Waals surface area contributed by atoms with E-state index in [1.165, 1.54) is 5.56 Å². The summed E-state index contributed by atoms with van der Waals surface area (Å²) in [6.45, 7) is 6.79. The highest BCUT2D eigenvalue weighted by atomic mass is 14.1. The van der Waals surface area contributed by atoms with Gasteiger partial charge in [-0.05, 0) is 17.4 Å². The molecule has 0 amide bonds. The molecule has 0 aliphatic carbocycles. The van der Waals surface area contributed by atoms with E-state index < -0.39 is 0 Å². The van der Waals surface area contributed by atoms with Gasteiger partial charge in [0.05, 0.1) is 0 Å². The molecule has 3 N–H and O–H groups in total. The lowest BCUT2D eigenvalue weighted by molar-refractivity contribution is 0.411. The van der Waals surface area contributed by atoms with Crippen molar-refractivity contribution in [1.29, 1.82) is 0 Å². The molecule has 0 saturated carbocycles.